The lowest BCUT2D eigenvalue weighted by Gasteiger charge is -2.17. The number of nitrogens with zero attached hydrogens (tertiary/aromatic N) is 3. The van der Waals surface area contributed by atoms with E-state index >= 15 is 0 Å². The van der Waals surface area contributed by atoms with Gasteiger partial charge in [0.15, 0.2) is 5.82 Å². The number of aryl methyl sites for hydroxylation is 1. The molecule has 3 rings (SSSR count). The molecule has 0 atom stereocenters. The highest BCUT2D eigenvalue weighted by Gasteiger charge is 2.16. The molecule has 0 aliphatic carbocycles. The van der Waals surface area contributed by atoms with E-state index in [4.69, 9.17) is 15.1 Å². The van der Waals surface area contributed by atoms with Gasteiger partial charge in [-0.15, -0.1) is 0 Å². The summed E-state index contributed by atoms with van der Waals surface area (Å²) >= 11 is 0. The summed E-state index contributed by atoms with van der Waals surface area (Å²) < 4.78 is 7.75. The maximum Gasteiger partial charge on any atom is 0.151 e. The number of aromatic nitrogens is 2. The first-order valence-corrected chi connectivity index (χ1v) is 7.11. The quantitative estimate of drug-likeness (QED) is 0.781. The number of rotatable bonds is 5. The molecular formula is C16H20N4O. The Morgan fingerprint density at radius 1 is 1.29 bits per heavy atom. The van der Waals surface area contributed by atoms with Crippen LogP contribution in [0.5, 0.6) is 0 Å². The molecule has 0 amide bonds. The monoisotopic (exact) mass is 284 g/mol. The predicted octanol–water partition coefficient (Wildman–Crippen LogP) is 2.37. The molecule has 0 saturated heterocycles. The number of imidazole rings is 1. The van der Waals surface area contributed by atoms with Crippen LogP contribution in [-0.2, 0) is 13.0 Å². The molecule has 3 aromatic heterocycles. The van der Waals surface area contributed by atoms with E-state index in [1.165, 1.54) is 0 Å². The average molecular weight is 284 g/mol. The van der Waals surface area contributed by atoms with Gasteiger partial charge in [-0.2, -0.15) is 0 Å². The molecule has 0 spiro atoms. The summed E-state index contributed by atoms with van der Waals surface area (Å²) in [5, 5.41) is 0. The van der Waals surface area contributed by atoms with Crippen molar-refractivity contribution < 1.29 is 4.42 Å². The van der Waals surface area contributed by atoms with Gasteiger partial charge in [-0.1, -0.05) is 6.07 Å². The average Bonchev–Trinajstić information content (AvgIpc) is 3.04. The summed E-state index contributed by atoms with van der Waals surface area (Å²) in [4.78, 5) is 6.83. The molecule has 5 heteroatoms. The number of nitrogens with two attached hydrogens (primary N) is 1. The first-order valence-electron chi connectivity index (χ1n) is 7.11. The van der Waals surface area contributed by atoms with Gasteiger partial charge in [0.2, 0.25) is 0 Å². The van der Waals surface area contributed by atoms with Gasteiger partial charge in [0.05, 0.1) is 12.2 Å². The first-order chi connectivity index (χ1) is 10.2. The van der Waals surface area contributed by atoms with Gasteiger partial charge in [0, 0.05) is 19.7 Å². The van der Waals surface area contributed by atoms with Crippen LogP contribution in [0.15, 0.2) is 40.9 Å². The Kier molecular flexibility index (Phi) is 3.66. The molecule has 0 aliphatic heterocycles. The van der Waals surface area contributed by atoms with Crippen molar-refractivity contribution in [1.82, 2.24) is 9.38 Å². The number of hydrogen-bond donors (Lipinski definition) is 1. The Balaban J connectivity index is 1.96. The summed E-state index contributed by atoms with van der Waals surface area (Å²) in [6.45, 7) is 3.24. The van der Waals surface area contributed by atoms with Crippen LogP contribution in [0.1, 0.15) is 17.2 Å². The third kappa shape index (κ3) is 2.64. The lowest BCUT2D eigenvalue weighted by molar-refractivity contribution is 0.481. The minimum absolute atomic E-state index is 0.601. The standard InChI is InChI=1S/C16H20N4O/c1-12-6-7-13(21-12)11-19(2)16-14(8-9-17)20-10-4-3-5-15(20)18-16/h3-7,10H,8-9,11,17H2,1-2H3. The molecule has 3 aromatic rings. The van der Waals surface area contributed by atoms with Crippen LogP contribution >= 0.6 is 0 Å². The number of hydrogen-bond acceptors (Lipinski definition) is 4. The van der Waals surface area contributed by atoms with Crippen LogP contribution in [0.25, 0.3) is 5.65 Å². The number of furan rings is 1. The Morgan fingerprint density at radius 2 is 2.14 bits per heavy atom. The van der Waals surface area contributed by atoms with Crippen molar-refractivity contribution >= 4 is 11.5 Å². The van der Waals surface area contributed by atoms with Gasteiger partial charge in [-0.3, -0.25) is 0 Å². The third-order valence-electron chi connectivity index (χ3n) is 3.54. The lowest BCUT2D eigenvalue weighted by atomic mass is 10.3. The highest BCUT2D eigenvalue weighted by Crippen LogP contribution is 2.23. The molecule has 0 bridgehead atoms. The summed E-state index contributed by atoms with van der Waals surface area (Å²) in [5.41, 5.74) is 7.84. The van der Waals surface area contributed by atoms with Crippen LogP contribution < -0.4 is 10.6 Å². The molecule has 0 saturated carbocycles. The second-order valence-corrected chi connectivity index (χ2v) is 5.22. The van der Waals surface area contributed by atoms with Crippen LogP contribution in [0, 0.1) is 6.92 Å². The number of pyridine rings is 1. The van der Waals surface area contributed by atoms with Gasteiger partial charge in [-0.05, 0) is 37.7 Å². The zero-order valence-electron chi connectivity index (χ0n) is 12.4. The predicted molar refractivity (Wildman–Crippen MR) is 83.5 cm³/mol. The Labute approximate surface area is 124 Å². The van der Waals surface area contributed by atoms with Gasteiger partial charge >= 0.3 is 0 Å². The van der Waals surface area contributed by atoms with Gasteiger partial charge < -0.3 is 19.5 Å². The van der Waals surface area contributed by atoms with Crippen LogP contribution in [-0.4, -0.2) is 23.0 Å². The molecule has 21 heavy (non-hydrogen) atoms. The number of fused-ring (bicyclic) bond motifs is 1. The first kappa shape index (κ1) is 13.7. The van der Waals surface area contributed by atoms with E-state index in [1.54, 1.807) is 0 Å². The molecule has 0 fully saturated rings. The normalized spacial score (nSPS) is 11.2. The molecule has 0 radical (unpaired) electrons. The maximum absolute atomic E-state index is 5.76. The largest absolute Gasteiger partial charge is 0.464 e. The minimum Gasteiger partial charge on any atom is -0.464 e. The van der Waals surface area contributed by atoms with E-state index in [0.29, 0.717) is 13.1 Å². The zero-order valence-corrected chi connectivity index (χ0v) is 12.4. The van der Waals surface area contributed by atoms with Crippen molar-refractivity contribution in [2.45, 2.75) is 19.9 Å². The minimum atomic E-state index is 0.601. The second kappa shape index (κ2) is 5.61. The third-order valence-corrected chi connectivity index (χ3v) is 3.54. The van der Waals surface area contributed by atoms with E-state index in [0.717, 1.165) is 35.1 Å². The van der Waals surface area contributed by atoms with Crippen molar-refractivity contribution in [2.75, 3.05) is 18.5 Å². The van der Waals surface area contributed by atoms with E-state index in [9.17, 15) is 0 Å². The molecule has 3 heterocycles. The highest BCUT2D eigenvalue weighted by atomic mass is 16.3. The maximum atomic E-state index is 5.76. The second-order valence-electron chi connectivity index (χ2n) is 5.22. The van der Waals surface area contributed by atoms with Gasteiger partial charge in [-0.25, -0.2) is 4.98 Å². The fourth-order valence-electron chi connectivity index (χ4n) is 2.59. The van der Waals surface area contributed by atoms with Gasteiger partial charge in [0.1, 0.15) is 17.2 Å². The molecule has 0 aliphatic rings. The van der Waals surface area contributed by atoms with E-state index in [-0.39, 0.29) is 0 Å². The summed E-state index contributed by atoms with van der Waals surface area (Å²) in [7, 11) is 2.03. The van der Waals surface area contributed by atoms with Crippen molar-refractivity contribution in [3.8, 4) is 0 Å². The van der Waals surface area contributed by atoms with Crippen LogP contribution in [0.4, 0.5) is 5.82 Å². The smallest absolute Gasteiger partial charge is 0.151 e. The van der Waals surface area contributed by atoms with Crippen molar-refractivity contribution in [3.63, 3.8) is 0 Å². The van der Waals surface area contributed by atoms with Crippen LogP contribution in [0.3, 0.4) is 0 Å². The van der Waals surface area contributed by atoms with Gasteiger partial charge in [0.25, 0.3) is 0 Å². The topological polar surface area (TPSA) is 59.7 Å². The summed E-state index contributed by atoms with van der Waals surface area (Å²) in [6, 6.07) is 9.99. The SMILES string of the molecule is Cc1ccc(CN(C)c2nc3ccccn3c2CCN)o1. The number of anilines is 1. The zero-order chi connectivity index (χ0) is 14.8. The fraction of sp³-hybridized carbons (Fsp3) is 0.312. The Hall–Kier alpha value is -2.27. The van der Waals surface area contributed by atoms with E-state index in [2.05, 4.69) is 9.30 Å². The lowest BCUT2D eigenvalue weighted by Crippen LogP contribution is -2.19. The Morgan fingerprint density at radius 3 is 2.86 bits per heavy atom. The summed E-state index contributed by atoms with van der Waals surface area (Å²) in [6.07, 6.45) is 2.82. The molecule has 5 nitrogen and oxygen atoms in total. The molecular weight excluding hydrogens is 264 g/mol. The molecule has 0 unspecified atom stereocenters. The Bertz CT molecular complexity index is 744. The van der Waals surface area contributed by atoms with E-state index in [1.807, 2.05) is 50.5 Å². The van der Waals surface area contributed by atoms with Crippen molar-refractivity contribution in [2.24, 2.45) is 5.73 Å². The highest BCUT2D eigenvalue weighted by molar-refractivity contribution is 5.55. The summed E-state index contributed by atoms with van der Waals surface area (Å²) in [5.74, 6) is 2.82. The van der Waals surface area contributed by atoms with Crippen molar-refractivity contribution in [1.29, 1.82) is 0 Å². The molecule has 110 valence electrons. The van der Waals surface area contributed by atoms with Crippen LogP contribution in [0.2, 0.25) is 0 Å². The molecule has 2 N–H and O–H groups in total. The van der Waals surface area contributed by atoms with E-state index < -0.39 is 0 Å². The fourth-order valence-corrected chi connectivity index (χ4v) is 2.59. The molecule has 0 aromatic carbocycles. The van der Waals surface area contributed by atoms with Crippen molar-refractivity contribution in [3.05, 3.63) is 53.7 Å².